The first kappa shape index (κ1) is 11.6. The van der Waals surface area contributed by atoms with E-state index < -0.39 is 0 Å². The Morgan fingerprint density at radius 2 is 1.93 bits per heavy atom. The van der Waals surface area contributed by atoms with Crippen molar-refractivity contribution < 1.29 is 9.53 Å². The number of benzene rings is 1. The summed E-state index contributed by atoms with van der Waals surface area (Å²) in [5.74, 6) is 0.940. The van der Waals surface area contributed by atoms with Crippen molar-refractivity contribution in [3.63, 3.8) is 0 Å². The summed E-state index contributed by atoms with van der Waals surface area (Å²) in [5, 5.41) is 0. The van der Waals surface area contributed by atoms with Crippen LogP contribution in [0, 0.1) is 0 Å². The van der Waals surface area contributed by atoms with Crippen LogP contribution in [0.15, 0.2) is 24.3 Å². The third-order valence-electron chi connectivity index (χ3n) is 2.19. The normalized spacial score (nSPS) is 9.80. The first-order valence-corrected chi connectivity index (χ1v) is 5.07. The van der Waals surface area contributed by atoms with Crippen LogP contribution >= 0.6 is 0 Å². The van der Waals surface area contributed by atoms with E-state index in [4.69, 9.17) is 4.74 Å². The minimum absolute atomic E-state index is 0.0730. The van der Waals surface area contributed by atoms with Gasteiger partial charge in [0.05, 0.1) is 6.61 Å². The highest BCUT2D eigenvalue weighted by Gasteiger charge is 2.02. The zero-order valence-electron chi connectivity index (χ0n) is 9.49. The summed E-state index contributed by atoms with van der Waals surface area (Å²) < 4.78 is 5.33. The molecule has 0 N–H and O–H groups in total. The molecule has 0 saturated heterocycles. The lowest BCUT2D eigenvalue weighted by molar-refractivity contribution is -0.128. The summed E-state index contributed by atoms with van der Waals surface area (Å²) in [6, 6.07) is 7.80. The van der Waals surface area contributed by atoms with E-state index in [0.29, 0.717) is 13.2 Å². The van der Waals surface area contributed by atoms with Crippen molar-refractivity contribution in [1.82, 2.24) is 4.90 Å². The van der Waals surface area contributed by atoms with Crippen LogP contribution in [-0.4, -0.2) is 24.5 Å². The molecule has 0 aliphatic rings. The third kappa shape index (κ3) is 3.62. The number of ether oxygens (including phenoxy) is 1. The van der Waals surface area contributed by atoms with Crippen LogP contribution in [0.2, 0.25) is 0 Å². The van der Waals surface area contributed by atoms with E-state index in [2.05, 4.69) is 0 Å². The Morgan fingerprint density at radius 1 is 1.33 bits per heavy atom. The lowest BCUT2D eigenvalue weighted by atomic mass is 10.2. The van der Waals surface area contributed by atoms with Gasteiger partial charge in [-0.05, 0) is 24.6 Å². The van der Waals surface area contributed by atoms with Crippen molar-refractivity contribution in [1.29, 1.82) is 0 Å². The molecule has 0 radical (unpaired) electrons. The quantitative estimate of drug-likeness (QED) is 0.756. The predicted octanol–water partition coefficient (Wildman–Crippen LogP) is 2.06. The number of hydrogen-bond donors (Lipinski definition) is 0. The number of nitrogens with zero attached hydrogens (tertiary/aromatic N) is 1. The average molecular weight is 207 g/mol. The summed E-state index contributed by atoms with van der Waals surface area (Å²) in [5.41, 5.74) is 1.11. The van der Waals surface area contributed by atoms with Gasteiger partial charge in [-0.1, -0.05) is 12.1 Å². The molecule has 3 heteroatoms. The van der Waals surface area contributed by atoms with Crippen molar-refractivity contribution in [3.05, 3.63) is 29.8 Å². The zero-order chi connectivity index (χ0) is 11.3. The highest BCUT2D eigenvalue weighted by molar-refractivity contribution is 5.72. The Morgan fingerprint density at radius 3 is 2.40 bits per heavy atom. The van der Waals surface area contributed by atoms with Gasteiger partial charge < -0.3 is 9.64 Å². The molecule has 15 heavy (non-hydrogen) atoms. The molecule has 1 aromatic rings. The second-order valence-electron chi connectivity index (χ2n) is 3.45. The number of hydrogen-bond acceptors (Lipinski definition) is 2. The van der Waals surface area contributed by atoms with Crippen molar-refractivity contribution in [2.75, 3.05) is 13.7 Å². The van der Waals surface area contributed by atoms with Crippen LogP contribution in [0.4, 0.5) is 0 Å². The molecule has 1 aromatic carbocycles. The van der Waals surface area contributed by atoms with Gasteiger partial charge in [-0.2, -0.15) is 0 Å². The van der Waals surface area contributed by atoms with Crippen LogP contribution in [0.25, 0.3) is 0 Å². The molecule has 1 rings (SSSR count). The van der Waals surface area contributed by atoms with E-state index in [-0.39, 0.29) is 5.91 Å². The fourth-order valence-corrected chi connectivity index (χ4v) is 1.24. The Labute approximate surface area is 90.7 Å². The summed E-state index contributed by atoms with van der Waals surface area (Å²) in [7, 11) is 1.79. The molecule has 0 aliphatic carbocycles. The van der Waals surface area contributed by atoms with Crippen molar-refractivity contribution in [2.45, 2.75) is 20.4 Å². The van der Waals surface area contributed by atoms with E-state index in [1.54, 1.807) is 18.9 Å². The largest absolute Gasteiger partial charge is 0.494 e. The monoisotopic (exact) mass is 207 g/mol. The number of amides is 1. The van der Waals surface area contributed by atoms with Crippen LogP contribution in [0.1, 0.15) is 19.4 Å². The molecule has 0 saturated carbocycles. The second kappa shape index (κ2) is 5.39. The van der Waals surface area contributed by atoms with Gasteiger partial charge in [0.1, 0.15) is 5.75 Å². The molecule has 0 spiro atoms. The highest BCUT2D eigenvalue weighted by Crippen LogP contribution is 2.13. The zero-order valence-corrected chi connectivity index (χ0v) is 9.49. The lowest BCUT2D eigenvalue weighted by Gasteiger charge is -2.14. The van der Waals surface area contributed by atoms with E-state index in [1.165, 1.54) is 0 Å². The summed E-state index contributed by atoms with van der Waals surface area (Å²) in [6.07, 6.45) is 0. The van der Waals surface area contributed by atoms with Crippen molar-refractivity contribution in [3.8, 4) is 5.75 Å². The summed E-state index contributed by atoms with van der Waals surface area (Å²) in [4.78, 5) is 12.7. The van der Waals surface area contributed by atoms with Gasteiger partial charge in [0.15, 0.2) is 0 Å². The molecule has 0 aliphatic heterocycles. The summed E-state index contributed by atoms with van der Waals surface area (Å²) >= 11 is 0. The molecule has 1 amide bonds. The van der Waals surface area contributed by atoms with Gasteiger partial charge in [0.2, 0.25) is 5.91 Å². The van der Waals surface area contributed by atoms with Crippen LogP contribution < -0.4 is 4.74 Å². The molecule has 0 aromatic heterocycles. The molecule has 0 atom stereocenters. The van der Waals surface area contributed by atoms with E-state index in [0.717, 1.165) is 11.3 Å². The van der Waals surface area contributed by atoms with E-state index in [1.807, 2.05) is 31.2 Å². The minimum Gasteiger partial charge on any atom is -0.494 e. The second-order valence-corrected chi connectivity index (χ2v) is 3.45. The van der Waals surface area contributed by atoms with E-state index >= 15 is 0 Å². The van der Waals surface area contributed by atoms with Gasteiger partial charge in [0.25, 0.3) is 0 Å². The highest BCUT2D eigenvalue weighted by atomic mass is 16.5. The number of rotatable bonds is 4. The van der Waals surface area contributed by atoms with Crippen LogP contribution in [-0.2, 0) is 11.3 Å². The van der Waals surface area contributed by atoms with Gasteiger partial charge in [-0.3, -0.25) is 4.79 Å². The first-order valence-electron chi connectivity index (χ1n) is 5.07. The minimum atomic E-state index is 0.0730. The maximum atomic E-state index is 11.0. The van der Waals surface area contributed by atoms with Crippen molar-refractivity contribution in [2.24, 2.45) is 0 Å². The third-order valence-corrected chi connectivity index (χ3v) is 2.19. The first-order chi connectivity index (χ1) is 7.13. The van der Waals surface area contributed by atoms with Gasteiger partial charge in [-0.15, -0.1) is 0 Å². The Balaban J connectivity index is 2.60. The fraction of sp³-hybridized carbons (Fsp3) is 0.417. The van der Waals surface area contributed by atoms with Gasteiger partial charge >= 0.3 is 0 Å². The standard InChI is InChI=1S/C12H17NO2/c1-4-15-12-7-5-11(6-8-12)9-13(3)10(2)14/h5-8H,4,9H2,1-3H3. The average Bonchev–Trinajstić information content (AvgIpc) is 2.21. The number of carbonyl (C=O) groups is 1. The number of carbonyl (C=O) groups excluding carboxylic acids is 1. The van der Waals surface area contributed by atoms with Gasteiger partial charge in [0, 0.05) is 20.5 Å². The van der Waals surface area contributed by atoms with Crippen LogP contribution in [0.3, 0.4) is 0 Å². The Bertz CT molecular complexity index is 319. The molecule has 0 fully saturated rings. The molecule has 82 valence electrons. The van der Waals surface area contributed by atoms with Crippen LogP contribution in [0.5, 0.6) is 5.75 Å². The smallest absolute Gasteiger partial charge is 0.219 e. The SMILES string of the molecule is CCOc1ccc(CN(C)C(C)=O)cc1. The van der Waals surface area contributed by atoms with E-state index in [9.17, 15) is 4.79 Å². The topological polar surface area (TPSA) is 29.5 Å². The maximum absolute atomic E-state index is 11.0. The molecular formula is C12H17NO2. The summed E-state index contributed by atoms with van der Waals surface area (Å²) in [6.45, 7) is 4.83. The fourth-order valence-electron chi connectivity index (χ4n) is 1.24. The molecule has 0 bridgehead atoms. The predicted molar refractivity (Wildman–Crippen MR) is 59.8 cm³/mol. The lowest BCUT2D eigenvalue weighted by Crippen LogP contribution is -2.22. The Kier molecular flexibility index (Phi) is 4.16. The molecule has 0 unspecified atom stereocenters. The maximum Gasteiger partial charge on any atom is 0.219 e. The van der Waals surface area contributed by atoms with Gasteiger partial charge in [-0.25, -0.2) is 0 Å². The Hall–Kier alpha value is -1.51. The molecule has 0 heterocycles. The molecule has 3 nitrogen and oxygen atoms in total. The van der Waals surface area contributed by atoms with Crippen molar-refractivity contribution >= 4 is 5.91 Å². The molecular weight excluding hydrogens is 190 g/mol.